The van der Waals surface area contributed by atoms with Crippen molar-refractivity contribution < 1.29 is 14.3 Å². The number of pyridine rings is 1. The lowest BCUT2D eigenvalue weighted by molar-refractivity contribution is -0.137. The van der Waals surface area contributed by atoms with Gasteiger partial charge in [-0.1, -0.05) is 0 Å². The molecule has 1 aliphatic heterocycles. The van der Waals surface area contributed by atoms with E-state index in [0.29, 0.717) is 37.7 Å². The minimum atomic E-state index is -0.0886. The highest BCUT2D eigenvalue weighted by Crippen LogP contribution is 2.31. The maximum Gasteiger partial charge on any atom is 0.260 e. The maximum atomic E-state index is 12.2. The Morgan fingerprint density at radius 1 is 1.30 bits per heavy atom. The van der Waals surface area contributed by atoms with E-state index in [0.717, 1.165) is 36.9 Å². The zero-order valence-corrected chi connectivity index (χ0v) is 13.4. The Kier molecular flexibility index (Phi) is 4.77. The molecule has 0 bridgehead atoms. The summed E-state index contributed by atoms with van der Waals surface area (Å²) in [5.41, 5.74) is 3.65. The molecule has 0 N–H and O–H groups in total. The molecule has 0 unspecified atom stereocenters. The summed E-state index contributed by atoms with van der Waals surface area (Å²) in [6.07, 6.45) is 4.07. The monoisotopic (exact) mass is 315 g/mol. The summed E-state index contributed by atoms with van der Waals surface area (Å²) in [6, 6.07) is 2.22. The molecule has 0 aromatic carbocycles. The van der Waals surface area contributed by atoms with Crippen LogP contribution in [0, 0.1) is 18.3 Å². The predicted molar refractivity (Wildman–Crippen MR) is 83.2 cm³/mol. The van der Waals surface area contributed by atoms with E-state index in [1.165, 1.54) is 5.56 Å². The maximum absolute atomic E-state index is 12.2. The fraction of sp³-hybridized carbons (Fsp3) is 0.588. The zero-order valence-electron chi connectivity index (χ0n) is 13.4. The van der Waals surface area contributed by atoms with E-state index < -0.39 is 0 Å². The van der Waals surface area contributed by atoms with Gasteiger partial charge in [0, 0.05) is 18.8 Å². The molecule has 6 nitrogen and oxygen atoms in total. The molecule has 2 heterocycles. The van der Waals surface area contributed by atoms with E-state index in [1.54, 1.807) is 4.90 Å². The number of hydrogen-bond donors (Lipinski definition) is 0. The quantitative estimate of drug-likeness (QED) is 0.842. The minimum absolute atomic E-state index is 0.0834. The van der Waals surface area contributed by atoms with Gasteiger partial charge < -0.3 is 14.4 Å². The number of ether oxygens (including phenoxy) is 2. The van der Waals surface area contributed by atoms with Gasteiger partial charge in [0.05, 0.1) is 13.2 Å². The second-order valence-corrected chi connectivity index (χ2v) is 5.94. The van der Waals surface area contributed by atoms with Crippen molar-refractivity contribution in [1.82, 2.24) is 9.88 Å². The van der Waals surface area contributed by atoms with Crippen LogP contribution in [-0.2, 0) is 22.4 Å². The van der Waals surface area contributed by atoms with Crippen LogP contribution in [0.2, 0.25) is 0 Å². The molecule has 2 aliphatic rings. The molecular formula is C17H21N3O3. The van der Waals surface area contributed by atoms with Crippen molar-refractivity contribution >= 4 is 5.91 Å². The Bertz CT molecular complexity index is 645. The number of aromatic nitrogens is 1. The third kappa shape index (κ3) is 3.30. The average molecular weight is 315 g/mol. The number of aryl methyl sites for hydroxylation is 1. The Balaban J connectivity index is 1.76. The summed E-state index contributed by atoms with van der Waals surface area (Å²) in [7, 11) is 0. The summed E-state index contributed by atoms with van der Waals surface area (Å²) in [6.45, 7) is 4.16. The van der Waals surface area contributed by atoms with Gasteiger partial charge in [0.2, 0.25) is 5.88 Å². The van der Waals surface area contributed by atoms with Crippen LogP contribution in [0.5, 0.6) is 5.88 Å². The Labute approximate surface area is 136 Å². The molecule has 1 aromatic rings. The molecule has 1 saturated heterocycles. The molecule has 6 heteroatoms. The van der Waals surface area contributed by atoms with E-state index in [-0.39, 0.29) is 12.5 Å². The lowest BCUT2D eigenvalue weighted by Crippen LogP contribution is -2.43. The third-order valence-electron chi connectivity index (χ3n) is 4.50. The van der Waals surface area contributed by atoms with E-state index >= 15 is 0 Å². The highest BCUT2D eigenvalue weighted by molar-refractivity contribution is 5.78. The molecule has 0 atom stereocenters. The standard InChI is InChI=1S/C17H21N3O3/c1-12-13-4-2-3-5-14(13)15(10-18)17(19-12)23-11-16(21)20-6-8-22-9-7-20/h2-9,11H2,1H3. The first-order chi connectivity index (χ1) is 11.2. The molecule has 1 aromatic heterocycles. The van der Waals surface area contributed by atoms with Gasteiger partial charge in [-0.2, -0.15) is 5.26 Å². The van der Waals surface area contributed by atoms with Gasteiger partial charge in [0.15, 0.2) is 6.61 Å². The van der Waals surface area contributed by atoms with Crippen LogP contribution in [0.4, 0.5) is 0 Å². The number of nitrogens with zero attached hydrogens (tertiary/aromatic N) is 3. The fourth-order valence-electron chi connectivity index (χ4n) is 3.24. The lowest BCUT2D eigenvalue weighted by atomic mass is 9.88. The Morgan fingerprint density at radius 3 is 2.70 bits per heavy atom. The van der Waals surface area contributed by atoms with Crippen molar-refractivity contribution in [2.75, 3.05) is 32.9 Å². The molecule has 1 amide bonds. The predicted octanol–water partition coefficient (Wildman–Crippen LogP) is 1.38. The summed E-state index contributed by atoms with van der Waals surface area (Å²) >= 11 is 0. The Hall–Kier alpha value is -2.13. The van der Waals surface area contributed by atoms with Crippen LogP contribution in [-0.4, -0.2) is 48.7 Å². The number of nitriles is 1. The molecule has 0 radical (unpaired) electrons. The zero-order chi connectivity index (χ0) is 16.2. The van der Waals surface area contributed by atoms with Gasteiger partial charge in [-0.3, -0.25) is 4.79 Å². The number of fused-ring (bicyclic) bond motifs is 1. The van der Waals surface area contributed by atoms with Gasteiger partial charge in [0.25, 0.3) is 5.91 Å². The van der Waals surface area contributed by atoms with Crippen LogP contribution < -0.4 is 4.74 Å². The van der Waals surface area contributed by atoms with E-state index in [9.17, 15) is 10.1 Å². The second kappa shape index (κ2) is 6.97. The third-order valence-corrected chi connectivity index (χ3v) is 4.50. The molecule has 122 valence electrons. The first-order valence-corrected chi connectivity index (χ1v) is 8.11. The fourth-order valence-corrected chi connectivity index (χ4v) is 3.24. The van der Waals surface area contributed by atoms with Gasteiger partial charge in [-0.05, 0) is 43.7 Å². The van der Waals surface area contributed by atoms with Crippen molar-refractivity contribution in [1.29, 1.82) is 5.26 Å². The number of rotatable bonds is 3. The summed E-state index contributed by atoms with van der Waals surface area (Å²) in [5.74, 6) is 0.210. The van der Waals surface area contributed by atoms with Crippen LogP contribution >= 0.6 is 0 Å². The van der Waals surface area contributed by atoms with Crippen molar-refractivity contribution in [3.63, 3.8) is 0 Å². The highest BCUT2D eigenvalue weighted by atomic mass is 16.5. The average Bonchev–Trinajstić information content (AvgIpc) is 2.60. The smallest absolute Gasteiger partial charge is 0.260 e. The normalized spacial score (nSPS) is 17.3. The molecule has 3 rings (SSSR count). The van der Waals surface area contributed by atoms with E-state index in [1.807, 2.05) is 6.92 Å². The number of carbonyl (C=O) groups is 1. The van der Waals surface area contributed by atoms with Crippen molar-refractivity contribution in [2.24, 2.45) is 0 Å². The molecule has 0 spiro atoms. The number of morpholine rings is 1. The molecular weight excluding hydrogens is 294 g/mol. The first kappa shape index (κ1) is 15.8. The van der Waals surface area contributed by atoms with Crippen molar-refractivity contribution in [3.8, 4) is 11.9 Å². The summed E-state index contributed by atoms with van der Waals surface area (Å²) < 4.78 is 10.9. The van der Waals surface area contributed by atoms with Crippen molar-refractivity contribution in [2.45, 2.75) is 32.6 Å². The summed E-state index contributed by atoms with van der Waals surface area (Å²) in [4.78, 5) is 18.3. The van der Waals surface area contributed by atoms with Crippen LogP contribution in [0.25, 0.3) is 0 Å². The second-order valence-electron chi connectivity index (χ2n) is 5.94. The largest absolute Gasteiger partial charge is 0.467 e. The van der Waals surface area contributed by atoms with Crippen LogP contribution in [0.1, 0.15) is 35.2 Å². The number of carbonyl (C=O) groups excluding carboxylic acids is 1. The van der Waals surface area contributed by atoms with Crippen LogP contribution in [0.3, 0.4) is 0 Å². The Morgan fingerprint density at radius 2 is 2.00 bits per heavy atom. The first-order valence-electron chi connectivity index (χ1n) is 8.11. The van der Waals surface area contributed by atoms with Gasteiger partial charge >= 0.3 is 0 Å². The molecule has 1 aliphatic carbocycles. The SMILES string of the molecule is Cc1nc(OCC(=O)N2CCOCC2)c(C#N)c2c1CCCC2. The topological polar surface area (TPSA) is 75.4 Å². The van der Waals surface area contributed by atoms with Crippen LogP contribution in [0.15, 0.2) is 0 Å². The van der Waals surface area contributed by atoms with Crippen molar-refractivity contribution in [3.05, 3.63) is 22.4 Å². The lowest BCUT2D eigenvalue weighted by Gasteiger charge is -2.27. The van der Waals surface area contributed by atoms with Gasteiger partial charge in [-0.25, -0.2) is 4.98 Å². The number of hydrogen-bond acceptors (Lipinski definition) is 5. The molecule has 0 saturated carbocycles. The van der Waals surface area contributed by atoms with Gasteiger partial charge in [-0.15, -0.1) is 0 Å². The molecule has 1 fully saturated rings. The van der Waals surface area contributed by atoms with Gasteiger partial charge in [0.1, 0.15) is 11.6 Å². The van der Waals surface area contributed by atoms with E-state index in [4.69, 9.17) is 9.47 Å². The molecule has 23 heavy (non-hydrogen) atoms. The summed E-state index contributed by atoms with van der Waals surface area (Å²) in [5, 5.41) is 9.50. The minimum Gasteiger partial charge on any atom is -0.467 e. The highest BCUT2D eigenvalue weighted by Gasteiger charge is 2.23. The number of amides is 1. The van der Waals surface area contributed by atoms with E-state index in [2.05, 4.69) is 11.1 Å².